The lowest BCUT2D eigenvalue weighted by atomic mass is 9.82. The molecule has 0 saturated heterocycles. The molecule has 0 bridgehead atoms. The molecule has 1 aromatic carbocycles. The summed E-state index contributed by atoms with van der Waals surface area (Å²) in [5.74, 6) is -0.916. The number of hydrogen-bond acceptors (Lipinski definition) is 2. The summed E-state index contributed by atoms with van der Waals surface area (Å²) in [6.07, 6.45) is 3.12. The molecule has 1 aromatic rings. The van der Waals surface area contributed by atoms with Crippen LogP contribution in [0.1, 0.15) is 44.6 Å². The summed E-state index contributed by atoms with van der Waals surface area (Å²) in [5.41, 5.74) is 1.09. The number of benzene rings is 1. The third-order valence-electron chi connectivity index (χ3n) is 4.43. The number of carboxylic acids is 1. The van der Waals surface area contributed by atoms with Crippen molar-refractivity contribution in [3.8, 4) is 0 Å². The maximum absolute atomic E-state index is 12.6. The molecule has 4 heteroatoms. The average molecular weight is 289 g/mol. The molecule has 1 aliphatic carbocycles. The van der Waals surface area contributed by atoms with Crippen molar-refractivity contribution in [1.29, 1.82) is 0 Å². The van der Waals surface area contributed by atoms with E-state index in [0.717, 1.165) is 24.1 Å². The molecule has 0 atom stereocenters. The number of carbonyl (C=O) groups excluding carboxylic acids is 1. The quantitative estimate of drug-likeness (QED) is 0.904. The average Bonchev–Trinajstić information content (AvgIpc) is 2.89. The second-order valence-corrected chi connectivity index (χ2v) is 5.95. The molecule has 0 radical (unpaired) electrons. The first-order valence-corrected chi connectivity index (χ1v) is 7.59. The zero-order chi connectivity index (χ0) is 15.5. The molecule has 0 aliphatic heterocycles. The molecule has 4 nitrogen and oxygen atoms in total. The molecule has 0 unspecified atom stereocenters. The van der Waals surface area contributed by atoms with Crippen molar-refractivity contribution >= 4 is 17.6 Å². The Bertz CT molecular complexity index is 533. The van der Waals surface area contributed by atoms with Crippen LogP contribution >= 0.6 is 0 Å². The van der Waals surface area contributed by atoms with E-state index in [1.54, 1.807) is 4.90 Å². The maximum atomic E-state index is 12.6. The topological polar surface area (TPSA) is 57.6 Å². The zero-order valence-electron chi connectivity index (χ0n) is 12.8. The summed E-state index contributed by atoms with van der Waals surface area (Å²) in [6.45, 7) is 4.46. The highest BCUT2D eigenvalue weighted by Gasteiger charge is 2.43. The SMILES string of the molecule is CCN(C(=O)CC1(C(=O)O)CCCC1)c1cccc(C)c1. The Morgan fingerprint density at radius 3 is 2.48 bits per heavy atom. The van der Waals surface area contributed by atoms with Gasteiger partial charge in [0.25, 0.3) is 0 Å². The van der Waals surface area contributed by atoms with Gasteiger partial charge in [0.15, 0.2) is 0 Å². The van der Waals surface area contributed by atoms with Crippen LogP contribution in [0.3, 0.4) is 0 Å². The van der Waals surface area contributed by atoms with Gasteiger partial charge >= 0.3 is 5.97 Å². The number of amides is 1. The van der Waals surface area contributed by atoms with Gasteiger partial charge in [0.1, 0.15) is 0 Å². The highest BCUT2D eigenvalue weighted by atomic mass is 16.4. The van der Waals surface area contributed by atoms with Gasteiger partial charge in [0, 0.05) is 18.7 Å². The van der Waals surface area contributed by atoms with Gasteiger partial charge in [-0.05, 0) is 44.4 Å². The number of aliphatic carboxylic acids is 1. The third kappa shape index (κ3) is 3.26. The molecular weight excluding hydrogens is 266 g/mol. The van der Waals surface area contributed by atoms with Crippen LogP contribution in [-0.4, -0.2) is 23.5 Å². The molecule has 1 saturated carbocycles. The lowest BCUT2D eigenvalue weighted by Crippen LogP contribution is -2.38. The lowest BCUT2D eigenvalue weighted by molar-refractivity contribution is -0.151. The molecular formula is C17H23NO3. The van der Waals surface area contributed by atoms with E-state index in [1.165, 1.54) is 0 Å². The van der Waals surface area contributed by atoms with Gasteiger partial charge in [-0.3, -0.25) is 9.59 Å². The zero-order valence-corrected chi connectivity index (χ0v) is 12.8. The van der Waals surface area contributed by atoms with E-state index in [0.29, 0.717) is 19.4 Å². The van der Waals surface area contributed by atoms with Crippen LogP contribution in [0.2, 0.25) is 0 Å². The second-order valence-electron chi connectivity index (χ2n) is 5.95. The number of hydrogen-bond donors (Lipinski definition) is 1. The number of rotatable bonds is 5. The molecule has 0 aromatic heterocycles. The Labute approximate surface area is 125 Å². The molecule has 114 valence electrons. The first-order chi connectivity index (χ1) is 9.98. The number of carboxylic acid groups (broad SMARTS) is 1. The smallest absolute Gasteiger partial charge is 0.310 e. The summed E-state index contributed by atoms with van der Waals surface area (Å²) in [5, 5.41) is 9.51. The van der Waals surface area contributed by atoms with E-state index in [-0.39, 0.29) is 12.3 Å². The summed E-state index contributed by atoms with van der Waals surface area (Å²) >= 11 is 0. The monoisotopic (exact) mass is 289 g/mol. The summed E-state index contributed by atoms with van der Waals surface area (Å²) in [4.78, 5) is 25.9. The van der Waals surface area contributed by atoms with Gasteiger partial charge < -0.3 is 10.0 Å². The summed E-state index contributed by atoms with van der Waals surface area (Å²) in [7, 11) is 0. The molecule has 0 spiro atoms. The van der Waals surface area contributed by atoms with Gasteiger partial charge in [0.05, 0.1) is 5.41 Å². The largest absolute Gasteiger partial charge is 0.481 e. The van der Waals surface area contributed by atoms with E-state index in [2.05, 4.69) is 0 Å². The standard InChI is InChI=1S/C17H23NO3/c1-3-18(14-8-6-7-13(2)11-14)15(19)12-17(16(20)21)9-4-5-10-17/h6-8,11H,3-5,9-10,12H2,1-2H3,(H,20,21). The van der Waals surface area contributed by atoms with Crippen molar-refractivity contribution in [2.75, 3.05) is 11.4 Å². The second kappa shape index (κ2) is 6.29. The minimum absolute atomic E-state index is 0.0904. The fourth-order valence-electron chi connectivity index (χ4n) is 3.20. The number of aryl methyl sites for hydroxylation is 1. The van der Waals surface area contributed by atoms with E-state index in [1.807, 2.05) is 38.1 Å². The highest BCUT2D eigenvalue weighted by molar-refractivity contribution is 5.96. The summed E-state index contributed by atoms with van der Waals surface area (Å²) < 4.78 is 0. The third-order valence-corrected chi connectivity index (χ3v) is 4.43. The van der Waals surface area contributed by atoms with Crippen molar-refractivity contribution in [2.24, 2.45) is 5.41 Å². The Hall–Kier alpha value is -1.84. The van der Waals surface area contributed by atoms with Crippen LogP contribution < -0.4 is 4.90 Å². The Balaban J connectivity index is 2.19. The first kappa shape index (κ1) is 15.5. The molecule has 1 N–H and O–H groups in total. The van der Waals surface area contributed by atoms with Crippen LogP contribution in [0.4, 0.5) is 5.69 Å². The molecule has 0 heterocycles. The molecule has 1 amide bonds. The van der Waals surface area contributed by atoms with Crippen LogP contribution in [0.15, 0.2) is 24.3 Å². The highest BCUT2D eigenvalue weighted by Crippen LogP contribution is 2.42. The Kier molecular flexibility index (Phi) is 4.66. The van der Waals surface area contributed by atoms with Crippen molar-refractivity contribution in [3.05, 3.63) is 29.8 Å². The van der Waals surface area contributed by atoms with E-state index in [4.69, 9.17) is 0 Å². The Morgan fingerprint density at radius 2 is 1.95 bits per heavy atom. The maximum Gasteiger partial charge on any atom is 0.310 e. The minimum atomic E-state index is -0.853. The lowest BCUT2D eigenvalue weighted by Gasteiger charge is -2.28. The van der Waals surface area contributed by atoms with Crippen molar-refractivity contribution in [1.82, 2.24) is 0 Å². The predicted octanol–water partition coefficient (Wildman–Crippen LogP) is 3.38. The van der Waals surface area contributed by atoms with Crippen molar-refractivity contribution < 1.29 is 14.7 Å². The fraction of sp³-hybridized carbons (Fsp3) is 0.529. The van der Waals surface area contributed by atoms with Crippen molar-refractivity contribution in [3.63, 3.8) is 0 Å². The van der Waals surface area contributed by atoms with Crippen LogP contribution in [0, 0.1) is 12.3 Å². The van der Waals surface area contributed by atoms with E-state index in [9.17, 15) is 14.7 Å². The van der Waals surface area contributed by atoms with E-state index < -0.39 is 11.4 Å². The molecule has 1 fully saturated rings. The first-order valence-electron chi connectivity index (χ1n) is 7.59. The predicted molar refractivity (Wildman–Crippen MR) is 82.4 cm³/mol. The normalized spacial score (nSPS) is 16.7. The number of nitrogens with zero attached hydrogens (tertiary/aromatic N) is 1. The number of carbonyl (C=O) groups is 2. The van der Waals surface area contributed by atoms with Crippen LogP contribution in [-0.2, 0) is 9.59 Å². The number of anilines is 1. The van der Waals surface area contributed by atoms with Crippen LogP contribution in [0.5, 0.6) is 0 Å². The Morgan fingerprint density at radius 1 is 1.29 bits per heavy atom. The van der Waals surface area contributed by atoms with E-state index >= 15 is 0 Å². The summed E-state index contributed by atoms with van der Waals surface area (Å²) in [6, 6.07) is 7.76. The van der Waals surface area contributed by atoms with Gasteiger partial charge in [-0.2, -0.15) is 0 Å². The van der Waals surface area contributed by atoms with Gasteiger partial charge in [0.2, 0.25) is 5.91 Å². The molecule has 1 aliphatic rings. The van der Waals surface area contributed by atoms with Crippen LogP contribution in [0.25, 0.3) is 0 Å². The van der Waals surface area contributed by atoms with Crippen molar-refractivity contribution in [2.45, 2.75) is 46.0 Å². The van der Waals surface area contributed by atoms with Gasteiger partial charge in [-0.1, -0.05) is 25.0 Å². The fourth-order valence-corrected chi connectivity index (χ4v) is 3.20. The van der Waals surface area contributed by atoms with Gasteiger partial charge in [-0.15, -0.1) is 0 Å². The minimum Gasteiger partial charge on any atom is -0.481 e. The van der Waals surface area contributed by atoms with Gasteiger partial charge in [-0.25, -0.2) is 0 Å². The molecule has 21 heavy (non-hydrogen) atoms. The molecule has 2 rings (SSSR count).